The number of nitrogens with zero attached hydrogens (tertiary/aromatic N) is 1. The summed E-state index contributed by atoms with van der Waals surface area (Å²) in [7, 11) is 1.23. The lowest BCUT2D eigenvalue weighted by Crippen LogP contribution is -2.30. The Labute approximate surface area is 181 Å². The Hall–Kier alpha value is -3.07. The van der Waals surface area contributed by atoms with E-state index in [0.717, 1.165) is 9.37 Å². The second-order valence-electron chi connectivity index (χ2n) is 7.53. The second-order valence-corrected chi connectivity index (χ2v) is 8.45. The molecule has 3 rings (SSSR count). The van der Waals surface area contributed by atoms with Crippen LogP contribution in [0, 0.1) is 0 Å². The number of amides is 3. The van der Waals surface area contributed by atoms with Gasteiger partial charge in [-0.3, -0.25) is 9.69 Å². The minimum absolute atomic E-state index is 0.00609. The van der Waals surface area contributed by atoms with Gasteiger partial charge in [-0.05, 0) is 57.2 Å². The van der Waals surface area contributed by atoms with Gasteiger partial charge in [-0.1, -0.05) is 15.9 Å². The van der Waals surface area contributed by atoms with Crippen LogP contribution in [0.2, 0.25) is 0 Å². The van der Waals surface area contributed by atoms with Crippen molar-refractivity contribution < 1.29 is 28.3 Å². The Morgan fingerprint density at radius 1 is 1.23 bits per heavy atom. The molecule has 3 amide bonds. The fourth-order valence-electron chi connectivity index (χ4n) is 2.75. The maximum absolute atomic E-state index is 12.8. The Balaban J connectivity index is 1.84. The number of carbonyl (C=O) groups is 3. The van der Waals surface area contributed by atoms with Crippen molar-refractivity contribution in [3.63, 3.8) is 0 Å². The molecule has 2 aromatic rings. The maximum atomic E-state index is 12.8. The van der Waals surface area contributed by atoms with Gasteiger partial charge in [0.25, 0.3) is 5.91 Å². The fraction of sp³-hybridized carbons (Fsp3) is 0.286. The third-order valence-electron chi connectivity index (χ3n) is 4.01. The van der Waals surface area contributed by atoms with Crippen LogP contribution in [-0.2, 0) is 16.1 Å². The zero-order valence-corrected chi connectivity index (χ0v) is 18.5. The Bertz CT molecular complexity index is 1030. The van der Waals surface area contributed by atoms with E-state index < -0.39 is 23.5 Å². The normalized spacial score (nSPS) is 15.5. The smallest absolute Gasteiger partial charge is 0.373 e. The van der Waals surface area contributed by atoms with E-state index in [1.165, 1.54) is 19.2 Å². The molecule has 0 radical (unpaired) electrons. The maximum Gasteiger partial charge on any atom is 0.373 e. The first-order valence-electron chi connectivity index (χ1n) is 9.07. The van der Waals surface area contributed by atoms with Crippen molar-refractivity contribution >= 4 is 39.9 Å². The van der Waals surface area contributed by atoms with Gasteiger partial charge < -0.3 is 19.2 Å². The summed E-state index contributed by atoms with van der Waals surface area (Å²) in [6.45, 7) is 5.63. The highest BCUT2D eigenvalue weighted by molar-refractivity contribution is 9.10. The first-order valence-corrected chi connectivity index (χ1v) is 9.87. The van der Waals surface area contributed by atoms with Gasteiger partial charge in [-0.2, -0.15) is 0 Å². The first kappa shape index (κ1) is 21.6. The third kappa shape index (κ3) is 4.91. The van der Waals surface area contributed by atoms with Crippen molar-refractivity contribution in [2.45, 2.75) is 32.9 Å². The number of rotatable bonds is 5. The van der Waals surface area contributed by atoms with Gasteiger partial charge in [0.1, 0.15) is 22.8 Å². The summed E-state index contributed by atoms with van der Waals surface area (Å²) < 4.78 is 16.7. The number of imide groups is 1. The van der Waals surface area contributed by atoms with Crippen LogP contribution in [-0.4, -0.2) is 35.5 Å². The monoisotopic (exact) mass is 476 g/mol. The van der Waals surface area contributed by atoms with Crippen LogP contribution in [0.25, 0.3) is 6.08 Å². The van der Waals surface area contributed by atoms with Crippen molar-refractivity contribution in [3.05, 3.63) is 57.6 Å². The number of benzene rings is 1. The molecule has 2 heterocycles. The van der Waals surface area contributed by atoms with E-state index in [1.807, 2.05) is 26.8 Å². The van der Waals surface area contributed by atoms with Crippen LogP contribution in [0.3, 0.4) is 0 Å². The van der Waals surface area contributed by atoms with Crippen LogP contribution in [0.1, 0.15) is 42.6 Å². The first-order chi connectivity index (χ1) is 14.1. The molecular formula is C21H21BrN2O6. The van der Waals surface area contributed by atoms with E-state index in [2.05, 4.69) is 26.0 Å². The SMILES string of the molecule is COC(=O)c1ccc(CN2C(=O)NC(=Cc3cc(Br)ccc3OC(C)(C)C)C2=O)o1. The van der Waals surface area contributed by atoms with E-state index in [0.29, 0.717) is 11.3 Å². The summed E-state index contributed by atoms with van der Waals surface area (Å²) >= 11 is 3.41. The predicted molar refractivity (Wildman–Crippen MR) is 112 cm³/mol. The lowest BCUT2D eigenvalue weighted by molar-refractivity contribution is -0.123. The molecule has 1 aromatic carbocycles. The van der Waals surface area contributed by atoms with Gasteiger partial charge in [0.05, 0.1) is 13.7 Å². The summed E-state index contributed by atoms with van der Waals surface area (Å²) in [6, 6.07) is 7.77. The van der Waals surface area contributed by atoms with E-state index in [1.54, 1.807) is 18.2 Å². The van der Waals surface area contributed by atoms with E-state index >= 15 is 0 Å². The summed E-state index contributed by atoms with van der Waals surface area (Å²) in [5.41, 5.74) is 0.305. The number of halogens is 1. The molecule has 0 saturated carbocycles. The van der Waals surface area contributed by atoms with Gasteiger partial charge >= 0.3 is 12.0 Å². The Morgan fingerprint density at radius 3 is 2.63 bits per heavy atom. The number of esters is 1. The van der Waals surface area contributed by atoms with Crippen LogP contribution < -0.4 is 10.1 Å². The molecule has 9 heteroatoms. The van der Waals surface area contributed by atoms with E-state index in [-0.39, 0.29) is 23.8 Å². The molecule has 0 spiro atoms. The van der Waals surface area contributed by atoms with Crippen LogP contribution in [0.4, 0.5) is 4.79 Å². The zero-order valence-electron chi connectivity index (χ0n) is 16.9. The van der Waals surface area contributed by atoms with Gasteiger partial charge in [-0.15, -0.1) is 0 Å². The van der Waals surface area contributed by atoms with Crippen molar-refractivity contribution in [2.75, 3.05) is 7.11 Å². The number of hydrogen-bond donors (Lipinski definition) is 1. The Kier molecular flexibility index (Phi) is 6.02. The molecule has 158 valence electrons. The third-order valence-corrected chi connectivity index (χ3v) is 4.51. The highest BCUT2D eigenvalue weighted by Gasteiger charge is 2.34. The summed E-state index contributed by atoms with van der Waals surface area (Å²) in [4.78, 5) is 37.6. The van der Waals surface area contributed by atoms with E-state index in [4.69, 9.17) is 9.15 Å². The van der Waals surface area contributed by atoms with Crippen LogP contribution in [0.15, 0.2) is 44.9 Å². The van der Waals surface area contributed by atoms with Crippen molar-refractivity contribution in [3.8, 4) is 5.75 Å². The molecule has 30 heavy (non-hydrogen) atoms. The molecule has 1 aliphatic rings. The highest BCUT2D eigenvalue weighted by atomic mass is 79.9. The number of furan rings is 1. The molecule has 1 N–H and O–H groups in total. The van der Waals surface area contributed by atoms with E-state index in [9.17, 15) is 14.4 Å². The zero-order chi connectivity index (χ0) is 22.1. The molecule has 0 atom stereocenters. The minimum Gasteiger partial charge on any atom is -0.488 e. The molecule has 1 aromatic heterocycles. The highest BCUT2D eigenvalue weighted by Crippen LogP contribution is 2.29. The topological polar surface area (TPSA) is 98.1 Å². The summed E-state index contributed by atoms with van der Waals surface area (Å²) in [5.74, 6) is -0.307. The Morgan fingerprint density at radius 2 is 1.97 bits per heavy atom. The van der Waals surface area contributed by atoms with Crippen molar-refractivity contribution in [2.24, 2.45) is 0 Å². The summed E-state index contributed by atoms with van der Waals surface area (Å²) in [6.07, 6.45) is 1.56. The number of nitrogens with one attached hydrogen (secondary N) is 1. The lowest BCUT2D eigenvalue weighted by atomic mass is 10.1. The quantitative estimate of drug-likeness (QED) is 0.396. The summed E-state index contributed by atoms with van der Waals surface area (Å²) in [5, 5.41) is 2.57. The average Bonchev–Trinajstić information content (AvgIpc) is 3.23. The second kappa shape index (κ2) is 8.35. The molecule has 1 saturated heterocycles. The number of carbonyl (C=O) groups excluding carboxylic acids is 3. The van der Waals surface area contributed by atoms with Crippen LogP contribution in [0.5, 0.6) is 5.75 Å². The molecule has 1 fully saturated rings. The number of urea groups is 1. The minimum atomic E-state index is -0.639. The molecule has 0 bridgehead atoms. The molecule has 0 aliphatic carbocycles. The molecule has 0 unspecified atom stereocenters. The van der Waals surface area contributed by atoms with Gasteiger partial charge in [0.15, 0.2) is 0 Å². The predicted octanol–water partition coefficient (Wildman–Crippen LogP) is 4.10. The largest absolute Gasteiger partial charge is 0.488 e. The molecule has 8 nitrogen and oxygen atoms in total. The standard InChI is InChI=1S/C21H21BrN2O6/c1-21(2,3)30-16-7-5-13(22)9-12(16)10-15-18(25)24(20(27)23-15)11-14-6-8-17(29-14)19(26)28-4/h5-10H,11H2,1-4H3,(H,23,27). The number of hydrogen-bond acceptors (Lipinski definition) is 6. The molecule has 1 aliphatic heterocycles. The van der Waals surface area contributed by atoms with Gasteiger partial charge in [-0.25, -0.2) is 9.59 Å². The number of ether oxygens (including phenoxy) is 2. The van der Waals surface area contributed by atoms with Crippen molar-refractivity contribution in [1.82, 2.24) is 10.2 Å². The van der Waals surface area contributed by atoms with Crippen molar-refractivity contribution in [1.29, 1.82) is 0 Å². The fourth-order valence-corrected chi connectivity index (χ4v) is 3.13. The lowest BCUT2D eigenvalue weighted by Gasteiger charge is -2.22. The average molecular weight is 477 g/mol. The van der Waals surface area contributed by atoms with Gasteiger partial charge in [0, 0.05) is 10.0 Å². The number of methoxy groups -OCH3 is 1. The van der Waals surface area contributed by atoms with Gasteiger partial charge in [0.2, 0.25) is 5.76 Å². The molecular weight excluding hydrogens is 456 g/mol. The van der Waals surface area contributed by atoms with Crippen LogP contribution >= 0.6 is 15.9 Å².